The number of nitrogens with one attached hydrogen (secondary N) is 1. The largest absolute Gasteiger partial charge is 0.494 e. The standard InChI is InChI=1S/C29H24N8OS/c1-2-38-24-13-11-23(12-14-24)37-28(22-15-17-30-18-16-22)33-34-29(37)39-19-20-7-9-21(10-8-20)25-5-3-4-6-26(25)27-31-35-36-32-27/h3-18H,2,19H2,1H3,(H,31,32,35,36). The zero-order chi connectivity index (χ0) is 26.4. The fraction of sp³-hybridized carbons (Fsp3) is 0.103. The first-order valence-electron chi connectivity index (χ1n) is 12.4. The fourth-order valence-corrected chi connectivity index (χ4v) is 5.18. The maximum Gasteiger partial charge on any atom is 0.205 e. The second-order valence-electron chi connectivity index (χ2n) is 8.57. The van der Waals surface area contributed by atoms with Gasteiger partial charge in [0, 0.05) is 35.0 Å². The summed E-state index contributed by atoms with van der Waals surface area (Å²) in [5.74, 6) is 2.90. The monoisotopic (exact) mass is 532 g/mol. The van der Waals surface area contributed by atoms with Crippen LogP contribution in [0, 0.1) is 0 Å². The number of H-pyrrole nitrogens is 1. The first kappa shape index (κ1) is 24.5. The molecule has 3 aromatic carbocycles. The molecule has 6 aromatic rings. The summed E-state index contributed by atoms with van der Waals surface area (Å²) in [4.78, 5) is 4.15. The number of benzene rings is 3. The van der Waals surface area contributed by atoms with Gasteiger partial charge in [-0.05, 0) is 65.2 Å². The van der Waals surface area contributed by atoms with Crippen LogP contribution in [0.3, 0.4) is 0 Å². The Hall–Kier alpha value is -4.83. The van der Waals surface area contributed by atoms with Gasteiger partial charge in [0.1, 0.15) is 5.75 Å². The summed E-state index contributed by atoms with van der Waals surface area (Å²) in [5, 5.41) is 24.4. The molecule has 0 aliphatic carbocycles. The summed E-state index contributed by atoms with van der Waals surface area (Å²) in [6.45, 7) is 2.60. The summed E-state index contributed by atoms with van der Waals surface area (Å²) >= 11 is 1.64. The lowest BCUT2D eigenvalue weighted by molar-refractivity contribution is 0.340. The first-order valence-corrected chi connectivity index (χ1v) is 13.4. The number of tetrazole rings is 1. The molecule has 3 aromatic heterocycles. The third-order valence-electron chi connectivity index (χ3n) is 6.12. The van der Waals surface area contributed by atoms with Gasteiger partial charge < -0.3 is 4.74 Å². The normalized spacial score (nSPS) is 11.0. The minimum absolute atomic E-state index is 0.573. The number of ether oxygens (including phenoxy) is 1. The summed E-state index contributed by atoms with van der Waals surface area (Å²) in [5.41, 5.74) is 6.15. The van der Waals surface area contributed by atoms with E-state index in [0.717, 1.165) is 50.4 Å². The van der Waals surface area contributed by atoms with Crippen LogP contribution in [0.4, 0.5) is 0 Å². The molecule has 0 atom stereocenters. The molecule has 0 bridgehead atoms. The predicted molar refractivity (Wildman–Crippen MR) is 150 cm³/mol. The van der Waals surface area contributed by atoms with Gasteiger partial charge in [-0.15, -0.1) is 20.4 Å². The number of aromatic amines is 1. The second-order valence-corrected chi connectivity index (χ2v) is 9.51. The second kappa shape index (κ2) is 11.3. The molecule has 0 radical (unpaired) electrons. The van der Waals surface area contributed by atoms with Crippen molar-refractivity contribution in [2.24, 2.45) is 0 Å². The number of hydrogen-bond acceptors (Lipinski definition) is 8. The molecule has 0 unspecified atom stereocenters. The van der Waals surface area contributed by atoms with E-state index in [0.29, 0.717) is 12.4 Å². The zero-order valence-electron chi connectivity index (χ0n) is 21.1. The lowest BCUT2D eigenvalue weighted by Gasteiger charge is -2.12. The topological polar surface area (TPSA) is 107 Å². The highest BCUT2D eigenvalue weighted by molar-refractivity contribution is 7.98. The van der Waals surface area contributed by atoms with E-state index in [1.54, 1.807) is 24.2 Å². The SMILES string of the molecule is CCOc1ccc(-n2c(SCc3ccc(-c4ccccc4-c4nn[nH]n4)cc3)nnc2-c2ccncc2)cc1. The summed E-state index contributed by atoms with van der Waals surface area (Å²) in [7, 11) is 0. The summed E-state index contributed by atoms with van der Waals surface area (Å²) in [6.07, 6.45) is 3.52. The number of thioether (sulfide) groups is 1. The lowest BCUT2D eigenvalue weighted by atomic mass is 9.98. The molecule has 0 aliphatic rings. The van der Waals surface area contributed by atoms with E-state index in [9.17, 15) is 0 Å². The quantitative estimate of drug-likeness (QED) is 0.231. The molecular formula is C29H24N8OS. The molecule has 3 heterocycles. The molecule has 10 heteroatoms. The van der Waals surface area contributed by atoms with Crippen LogP contribution < -0.4 is 4.74 Å². The van der Waals surface area contributed by atoms with E-state index < -0.39 is 0 Å². The molecule has 0 aliphatic heterocycles. The van der Waals surface area contributed by atoms with Gasteiger partial charge >= 0.3 is 0 Å². The Morgan fingerprint density at radius 2 is 1.56 bits per heavy atom. The van der Waals surface area contributed by atoms with Crippen LogP contribution in [-0.4, -0.2) is 47.0 Å². The smallest absolute Gasteiger partial charge is 0.205 e. The van der Waals surface area contributed by atoms with Crippen molar-refractivity contribution in [3.05, 3.63) is 103 Å². The van der Waals surface area contributed by atoms with Crippen LogP contribution in [-0.2, 0) is 5.75 Å². The van der Waals surface area contributed by atoms with Gasteiger partial charge in [-0.3, -0.25) is 9.55 Å². The Morgan fingerprint density at radius 3 is 2.28 bits per heavy atom. The maximum absolute atomic E-state index is 5.63. The van der Waals surface area contributed by atoms with Gasteiger partial charge in [0.15, 0.2) is 11.0 Å². The van der Waals surface area contributed by atoms with E-state index in [1.165, 1.54) is 5.56 Å². The van der Waals surface area contributed by atoms with Crippen molar-refractivity contribution >= 4 is 11.8 Å². The molecule has 9 nitrogen and oxygen atoms in total. The molecule has 0 fully saturated rings. The van der Waals surface area contributed by atoms with E-state index >= 15 is 0 Å². The maximum atomic E-state index is 5.63. The number of rotatable bonds is 9. The first-order chi connectivity index (χ1) is 19.3. The third-order valence-corrected chi connectivity index (χ3v) is 7.12. The molecule has 6 rings (SSSR count). The van der Waals surface area contributed by atoms with E-state index in [2.05, 4.69) is 70.7 Å². The van der Waals surface area contributed by atoms with Crippen LogP contribution in [0.15, 0.2) is 102 Å². The molecule has 0 spiro atoms. The van der Waals surface area contributed by atoms with Crippen molar-refractivity contribution in [3.8, 4) is 45.3 Å². The van der Waals surface area contributed by atoms with Crippen molar-refractivity contribution in [2.75, 3.05) is 6.61 Å². The average molecular weight is 533 g/mol. The van der Waals surface area contributed by atoms with E-state index in [1.807, 2.05) is 61.5 Å². The Labute approximate surface area is 229 Å². The van der Waals surface area contributed by atoms with Crippen LogP contribution in [0.25, 0.3) is 39.6 Å². The number of nitrogens with zero attached hydrogens (tertiary/aromatic N) is 7. The van der Waals surface area contributed by atoms with E-state index in [-0.39, 0.29) is 0 Å². The number of pyridine rings is 1. The van der Waals surface area contributed by atoms with Crippen LogP contribution in [0.2, 0.25) is 0 Å². The minimum Gasteiger partial charge on any atom is -0.494 e. The summed E-state index contributed by atoms with van der Waals surface area (Å²) < 4.78 is 7.71. The van der Waals surface area contributed by atoms with Crippen molar-refractivity contribution in [2.45, 2.75) is 17.8 Å². The van der Waals surface area contributed by atoms with Crippen molar-refractivity contribution in [1.29, 1.82) is 0 Å². The van der Waals surface area contributed by atoms with Gasteiger partial charge in [0.25, 0.3) is 0 Å². The van der Waals surface area contributed by atoms with Crippen molar-refractivity contribution < 1.29 is 4.74 Å². The number of aromatic nitrogens is 8. The predicted octanol–water partition coefficient (Wildman–Crippen LogP) is 5.87. The van der Waals surface area contributed by atoms with Gasteiger partial charge in [-0.25, -0.2) is 0 Å². The molecular weight excluding hydrogens is 508 g/mol. The highest BCUT2D eigenvalue weighted by Crippen LogP contribution is 2.32. The molecule has 0 amide bonds. The Balaban J connectivity index is 1.26. The Bertz CT molecular complexity index is 1650. The average Bonchev–Trinajstić information content (AvgIpc) is 3.68. The van der Waals surface area contributed by atoms with Gasteiger partial charge in [-0.2, -0.15) is 5.21 Å². The molecule has 39 heavy (non-hydrogen) atoms. The van der Waals surface area contributed by atoms with Gasteiger partial charge in [0.05, 0.1) is 6.61 Å². The highest BCUT2D eigenvalue weighted by Gasteiger charge is 2.17. The minimum atomic E-state index is 0.573. The Kier molecular flexibility index (Phi) is 7.09. The molecule has 1 N–H and O–H groups in total. The van der Waals surface area contributed by atoms with Crippen LogP contribution >= 0.6 is 11.8 Å². The number of hydrogen-bond donors (Lipinski definition) is 1. The summed E-state index contributed by atoms with van der Waals surface area (Å²) in [6, 6.07) is 28.4. The zero-order valence-corrected chi connectivity index (χ0v) is 21.9. The van der Waals surface area contributed by atoms with Crippen molar-refractivity contribution in [3.63, 3.8) is 0 Å². The van der Waals surface area contributed by atoms with Gasteiger partial charge in [0.2, 0.25) is 5.82 Å². The Morgan fingerprint density at radius 1 is 0.795 bits per heavy atom. The molecule has 0 saturated carbocycles. The molecule has 0 saturated heterocycles. The van der Waals surface area contributed by atoms with Gasteiger partial charge in [-0.1, -0.05) is 60.3 Å². The third kappa shape index (κ3) is 5.27. The van der Waals surface area contributed by atoms with Crippen LogP contribution in [0.5, 0.6) is 5.75 Å². The highest BCUT2D eigenvalue weighted by atomic mass is 32.2. The van der Waals surface area contributed by atoms with E-state index in [4.69, 9.17) is 4.74 Å². The fourth-order valence-electron chi connectivity index (χ4n) is 4.28. The lowest BCUT2D eigenvalue weighted by Crippen LogP contribution is -2.00. The molecule has 192 valence electrons. The van der Waals surface area contributed by atoms with Crippen molar-refractivity contribution in [1.82, 2.24) is 40.4 Å². The van der Waals surface area contributed by atoms with Crippen LogP contribution in [0.1, 0.15) is 12.5 Å².